The van der Waals surface area contributed by atoms with E-state index in [1.807, 2.05) is 18.0 Å². The van der Waals surface area contributed by atoms with Crippen molar-refractivity contribution in [2.45, 2.75) is 6.92 Å². The van der Waals surface area contributed by atoms with Crippen molar-refractivity contribution in [2.75, 3.05) is 18.5 Å². The van der Waals surface area contributed by atoms with Crippen LogP contribution in [-0.4, -0.2) is 34.4 Å². The maximum Gasteiger partial charge on any atom is 0.287 e. The average Bonchev–Trinajstić information content (AvgIpc) is 3.02. The molecule has 0 radical (unpaired) electrons. The maximum absolute atomic E-state index is 13.2. The first-order chi connectivity index (χ1) is 9.19. The van der Waals surface area contributed by atoms with Gasteiger partial charge in [-0.05, 0) is 13.0 Å². The van der Waals surface area contributed by atoms with E-state index in [-0.39, 0.29) is 0 Å². The topological polar surface area (TPSA) is 80.1 Å². The van der Waals surface area contributed by atoms with E-state index in [1.165, 1.54) is 0 Å². The number of hydrazine groups is 1. The van der Waals surface area contributed by atoms with Crippen LogP contribution >= 0.6 is 0 Å². The first kappa shape index (κ1) is 11.5. The smallest absolute Gasteiger partial charge is 0.287 e. The molecule has 0 saturated carbocycles. The molecule has 0 bridgehead atoms. The molecule has 96 valence electrons. The highest BCUT2D eigenvalue weighted by molar-refractivity contribution is 5.89. The van der Waals surface area contributed by atoms with Crippen molar-refractivity contribution in [3.63, 3.8) is 0 Å². The van der Waals surface area contributed by atoms with Gasteiger partial charge in [0.25, 0.3) is 6.08 Å². The van der Waals surface area contributed by atoms with E-state index >= 15 is 0 Å². The second-order valence-electron chi connectivity index (χ2n) is 4.29. The summed E-state index contributed by atoms with van der Waals surface area (Å²) < 4.78 is 13.2. The molecule has 0 fully saturated rings. The molecule has 0 aliphatic carbocycles. The fourth-order valence-corrected chi connectivity index (χ4v) is 2.09. The van der Waals surface area contributed by atoms with Crippen molar-refractivity contribution in [2.24, 2.45) is 4.99 Å². The number of nitrogens with zero attached hydrogens (tertiary/aromatic N) is 4. The Morgan fingerprint density at radius 1 is 1.58 bits per heavy atom. The Morgan fingerprint density at radius 2 is 2.42 bits per heavy atom. The van der Waals surface area contributed by atoms with Crippen LogP contribution in [0, 0.1) is 24.3 Å². The van der Waals surface area contributed by atoms with E-state index < -0.39 is 6.08 Å². The first-order valence-corrected chi connectivity index (χ1v) is 5.81. The van der Waals surface area contributed by atoms with Crippen molar-refractivity contribution < 1.29 is 4.39 Å². The van der Waals surface area contributed by atoms with Crippen molar-refractivity contribution in [3.05, 3.63) is 23.3 Å². The quantitative estimate of drug-likeness (QED) is 0.856. The summed E-state index contributed by atoms with van der Waals surface area (Å²) in [7, 11) is 0. The minimum Gasteiger partial charge on any atom is -0.313 e. The van der Waals surface area contributed by atoms with Crippen molar-refractivity contribution in [1.29, 1.82) is 5.26 Å². The summed E-state index contributed by atoms with van der Waals surface area (Å²) in [4.78, 5) is 10.4. The van der Waals surface area contributed by atoms with Crippen LogP contribution in [0.2, 0.25) is 0 Å². The summed E-state index contributed by atoms with van der Waals surface area (Å²) in [6.45, 7) is 3.32. The van der Waals surface area contributed by atoms with E-state index in [0.717, 1.165) is 24.3 Å². The molecule has 1 aromatic heterocycles. The molecule has 2 N–H and O–H groups in total. The number of nitriles is 1. The summed E-state index contributed by atoms with van der Waals surface area (Å²) in [5, 5.41) is 11.0. The molecule has 0 atom stereocenters. The lowest BCUT2D eigenvalue weighted by Crippen LogP contribution is -2.27. The molecule has 19 heavy (non-hydrogen) atoms. The predicted molar refractivity (Wildman–Crippen MR) is 69.2 cm³/mol. The normalized spacial score (nSPS) is 14.1. The van der Waals surface area contributed by atoms with Crippen LogP contribution in [0.5, 0.6) is 0 Å². The fourth-order valence-electron chi connectivity index (χ4n) is 2.09. The minimum absolute atomic E-state index is 0.357. The molecule has 7 heteroatoms. The Morgan fingerprint density at radius 3 is 3.11 bits per heavy atom. The lowest BCUT2D eigenvalue weighted by atomic mass is 10.1. The van der Waals surface area contributed by atoms with Crippen LogP contribution in [0.15, 0.2) is 11.1 Å². The highest BCUT2D eigenvalue weighted by atomic mass is 19.1. The summed E-state index contributed by atoms with van der Waals surface area (Å²) >= 11 is 0. The average molecular weight is 258 g/mol. The molecule has 0 amide bonds. The number of nitrogens with one attached hydrogen (secondary N) is 2. The second-order valence-corrected chi connectivity index (χ2v) is 4.29. The Bertz CT molecular complexity index is 711. The van der Waals surface area contributed by atoms with Gasteiger partial charge < -0.3 is 4.98 Å². The van der Waals surface area contributed by atoms with Gasteiger partial charge in [0.2, 0.25) is 0 Å². The molecule has 1 aliphatic rings. The molecule has 3 rings (SSSR count). The van der Waals surface area contributed by atoms with Crippen LogP contribution in [-0.2, 0) is 0 Å². The van der Waals surface area contributed by atoms with Gasteiger partial charge in [-0.2, -0.15) is 9.65 Å². The maximum atomic E-state index is 13.2. The van der Waals surface area contributed by atoms with Gasteiger partial charge in [-0.3, -0.25) is 15.4 Å². The van der Waals surface area contributed by atoms with Crippen LogP contribution in [0.1, 0.15) is 11.1 Å². The van der Waals surface area contributed by atoms with Gasteiger partial charge in [0, 0.05) is 5.56 Å². The van der Waals surface area contributed by atoms with Gasteiger partial charge in [-0.1, -0.05) is 0 Å². The highest BCUT2D eigenvalue weighted by Gasteiger charge is 2.15. The fraction of sp³-hybridized carbons (Fsp3) is 0.250. The number of hydrogen-bond acceptors (Lipinski definition) is 5. The van der Waals surface area contributed by atoms with Crippen molar-refractivity contribution in [1.82, 2.24) is 15.0 Å². The van der Waals surface area contributed by atoms with Gasteiger partial charge in [-0.15, -0.1) is 0 Å². The summed E-state index contributed by atoms with van der Waals surface area (Å²) in [6.07, 6.45) is 1.01. The SMILES string of the molecule is Cc1c(NN2C=NCC2)cc(C#N)c2[nH]c(F)nc12. The monoisotopic (exact) mass is 258 g/mol. The lowest BCUT2D eigenvalue weighted by Gasteiger charge is -2.18. The Balaban J connectivity index is 2.11. The Labute approximate surface area is 108 Å². The number of aromatic nitrogens is 2. The molecule has 1 aromatic carbocycles. The van der Waals surface area contributed by atoms with Gasteiger partial charge in [0.1, 0.15) is 12.4 Å². The number of rotatable bonds is 2. The number of H-pyrrole nitrogens is 1. The van der Waals surface area contributed by atoms with E-state index in [4.69, 9.17) is 5.26 Å². The molecule has 0 spiro atoms. The van der Waals surface area contributed by atoms with Gasteiger partial charge in [0.15, 0.2) is 0 Å². The molecule has 6 nitrogen and oxygen atoms in total. The predicted octanol–water partition coefficient (Wildman–Crippen LogP) is 1.55. The number of aromatic amines is 1. The third-order valence-corrected chi connectivity index (χ3v) is 3.07. The first-order valence-electron chi connectivity index (χ1n) is 5.81. The molecule has 0 unspecified atom stereocenters. The number of benzene rings is 1. The molecular formula is C12H11FN6. The zero-order valence-corrected chi connectivity index (χ0v) is 10.2. The third kappa shape index (κ3) is 1.87. The molecular weight excluding hydrogens is 247 g/mol. The summed E-state index contributed by atoms with van der Waals surface area (Å²) in [6, 6.07) is 3.73. The number of aryl methyl sites for hydroxylation is 1. The molecule has 0 saturated heterocycles. The largest absolute Gasteiger partial charge is 0.313 e. The second kappa shape index (κ2) is 4.24. The van der Waals surface area contributed by atoms with Crippen molar-refractivity contribution in [3.8, 4) is 6.07 Å². The zero-order chi connectivity index (χ0) is 13.4. The Kier molecular flexibility index (Phi) is 2.56. The summed E-state index contributed by atoms with van der Waals surface area (Å²) in [5.41, 5.74) is 5.91. The van der Waals surface area contributed by atoms with Crippen LogP contribution in [0.3, 0.4) is 0 Å². The van der Waals surface area contributed by atoms with Crippen LogP contribution in [0.4, 0.5) is 10.1 Å². The van der Waals surface area contributed by atoms with E-state index in [0.29, 0.717) is 16.6 Å². The number of hydrogen-bond donors (Lipinski definition) is 2. The van der Waals surface area contributed by atoms with Gasteiger partial charge in [0.05, 0.1) is 35.4 Å². The van der Waals surface area contributed by atoms with Crippen LogP contribution < -0.4 is 5.43 Å². The number of imidazole rings is 1. The minimum atomic E-state index is -0.686. The van der Waals surface area contributed by atoms with Gasteiger partial charge in [-0.25, -0.2) is 4.98 Å². The zero-order valence-electron chi connectivity index (χ0n) is 10.2. The van der Waals surface area contributed by atoms with E-state index in [1.54, 1.807) is 12.4 Å². The molecule has 1 aliphatic heterocycles. The molecule has 2 aromatic rings. The van der Waals surface area contributed by atoms with Gasteiger partial charge >= 0.3 is 0 Å². The number of aliphatic imine (C=N–C) groups is 1. The third-order valence-electron chi connectivity index (χ3n) is 3.07. The number of halogens is 1. The Hall–Kier alpha value is -2.62. The molecule has 2 heterocycles. The van der Waals surface area contributed by atoms with E-state index in [9.17, 15) is 4.39 Å². The standard InChI is InChI=1S/C12H11FN6/c1-7-9(18-19-3-2-15-6-19)4-8(5-14)11-10(7)16-12(13)17-11/h4,6,18H,2-3H2,1H3,(H,16,17). The lowest BCUT2D eigenvalue weighted by molar-refractivity contribution is 0.555. The summed E-state index contributed by atoms with van der Waals surface area (Å²) in [5.74, 6) is 0. The van der Waals surface area contributed by atoms with Crippen LogP contribution in [0.25, 0.3) is 11.0 Å². The van der Waals surface area contributed by atoms with Crippen molar-refractivity contribution >= 4 is 23.1 Å². The highest BCUT2D eigenvalue weighted by Crippen LogP contribution is 2.27. The number of anilines is 1. The van der Waals surface area contributed by atoms with E-state index in [2.05, 4.69) is 20.4 Å². The number of fused-ring (bicyclic) bond motifs is 1.